The molecule has 3 rings (SSSR count). The molecule has 1 atom stereocenters. The molecule has 1 saturated heterocycles. The molecule has 4 nitrogen and oxygen atoms in total. The van der Waals surface area contributed by atoms with Crippen molar-refractivity contribution in [2.75, 3.05) is 6.54 Å². The van der Waals surface area contributed by atoms with E-state index in [9.17, 15) is 9.59 Å². The van der Waals surface area contributed by atoms with Gasteiger partial charge in [0.25, 0.3) is 5.91 Å². The van der Waals surface area contributed by atoms with Crippen LogP contribution in [0.1, 0.15) is 40.1 Å². The summed E-state index contributed by atoms with van der Waals surface area (Å²) in [5.41, 5.74) is 1.40. The molecule has 0 spiro atoms. The Morgan fingerprint density at radius 3 is 2.59 bits per heavy atom. The topological polar surface area (TPSA) is 42.3 Å². The Balaban J connectivity index is 1.72. The number of carbonyl (C=O) groups excluding carboxylic acids is 2. The van der Waals surface area contributed by atoms with Crippen LogP contribution < -0.4 is 0 Å². The minimum absolute atomic E-state index is 0.00936. The second-order valence-electron chi connectivity index (χ2n) is 5.79. The van der Waals surface area contributed by atoms with Crippen LogP contribution in [0.3, 0.4) is 0 Å². The highest BCUT2D eigenvalue weighted by Gasteiger charge is 2.31. The second-order valence-corrected chi connectivity index (χ2v) is 5.79. The van der Waals surface area contributed by atoms with Crippen LogP contribution in [0.2, 0.25) is 0 Å². The van der Waals surface area contributed by atoms with E-state index in [-0.39, 0.29) is 17.7 Å². The van der Waals surface area contributed by atoms with E-state index in [0.29, 0.717) is 12.1 Å². The molecule has 1 aliphatic heterocycles. The van der Waals surface area contributed by atoms with Gasteiger partial charge in [-0.3, -0.25) is 9.59 Å². The Kier molecular flexibility index (Phi) is 4.09. The van der Waals surface area contributed by atoms with Crippen molar-refractivity contribution in [2.24, 2.45) is 7.05 Å². The van der Waals surface area contributed by atoms with Crippen LogP contribution in [0.15, 0.2) is 48.7 Å². The first-order chi connectivity index (χ1) is 10.7. The maximum Gasteiger partial charge on any atom is 0.270 e. The van der Waals surface area contributed by atoms with Gasteiger partial charge in [0.15, 0.2) is 5.78 Å². The van der Waals surface area contributed by atoms with E-state index in [1.165, 1.54) is 0 Å². The molecule has 0 radical (unpaired) electrons. The molecule has 2 aromatic rings. The monoisotopic (exact) mass is 296 g/mol. The van der Waals surface area contributed by atoms with Crippen LogP contribution in [-0.2, 0) is 7.05 Å². The Hall–Kier alpha value is -2.36. The number of carbonyl (C=O) groups is 2. The number of hydrogen-bond acceptors (Lipinski definition) is 2. The molecule has 0 N–H and O–H groups in total. The Morgan fingerprint density at radius 1 is 1.14 bits per heavy atom. The average Bonchev–Trinajstić information content (AvgIpc) is 3.16. The zero-order valence-electron chi connectivity index (χ0n) is 12.7. The van der Waals surface area contributed by atoms with Gasteiger partial charge in [-0.1, -0.05) is 30.3 Å². The molecule has 22 heavy (non-hydrogen) atoms. The van der Waals surface area contributed by atoms with Gasteiger partial charge < -0.3 is 9.47 Å². The summed E-state index contributed by atoms with van der Waals surface area (Å²) in [5.74, 6) is 0.132. The van der Waals surface area contributed by atoms with Gasteiger partial charge in [-0.25, -0.2) is 0 Å². The zero-order chi connectivity index (χ0) is 15.5. The van der Waals surface area contributed by atoms with E-state index in [2.05, 4.69) is 0 Å². The van der Waals surface area contributed by atoms with Crippen LogP contribution in [0.5, 0.6) is 0 Å². The minimum atomic E-state index is 0.00936. The summed E-state index contributed by atoms with van der Waals surface area (Å²) in [6.07, 6.45) is 4.13. The number of aryl methyl sites for hydroxylation is 1. The summed E-state index contributed by atoms with van der Waals surface area (Å²) >= 11 is 0. The van der Waals surface area contributed by atoms with E-state index in [1.807, 2.05) is 65.2 Å². The largest absolute Gasteiger partial charge is 0.347 e. The summed E-state index contributed by atoms with van der Waals surface area (Å²) in [7, 11) is 1.87. The normalized spacial score (nSPS) is 17.7. The van der Waals surface area contributed by atoms with Gasteiger partial charge in [-0.2, -0.15) is 0 Å². The predicted molar refractivity (Wildman–Crippen MR) is 84.9 cm³/mol. The van der Waals surface area contributed by atoms with E-state index in [0.717, 1.165) is 24.9 Å². The van der Waals surface area contributed by atoms with Crippen LogP contribution >= 0.6 is 0 Å². The Morgan fingerprint density at radius 2 is 1.91 bits per heavy atom. The van der Waals surface area contributed by atoms with Gasteiger partial charge in [0.2, 0.25) is 0 Å². The summed E-state index contributed by atoms with van der Waals surface area (Å²) in [5, 5.41) is 0. The van der Waals surface area contributed by atoms with E-state index in [4.69, 9.17) is 0 Å². The summed E-state index contributed by atoms with van der Waals surface area (Å²) in [6, 6.07) is 13.0. The van der Waals surface area contributed by atoms with Crippen molar-refractivity contribution in [3.05, 3.63) is 59.9 Å². The number of benzene rings is 1. The number of amides is 1. The third-order valence-corrected chi connectivity index (χ3v) is 4.32. The molecule has 1 aliphatic rings. The van der Waals surface area contributed by atoms with Crippen LogP contribution in [-0.4, -0.2) is 33.7 Å². The SMILES string of the molecule is Cn1cccc1C(=O)N1CCC[C@@H]1CC(=O)c1ccccc1. The van der Waals surface area contributed by atoms with E-state index in [1.54, 1.807) is 0 Å². The summed E-state index contributed by atoms with van der Waals surface area (Å²) in [4.78, 5) is 26.9. The molecule has 1 amide bonds. The minimum Gasteiger partial charge on any atom is -0.347 e. The van der Waals surface area contributed by atoms with Crippen LogP contribution in [0.4, 0.5) is 0 Å². The van der Waals surface area contributed by atoms with Crippen molar-refractivity contribution in [2.45, 2.75) is 25.3 Å². The van der Waals surface area contributed by atoms with Crippen molar-refractivity contribution in [3.63, 3.8) is 0 Å². The van der Waals surface area contributed by atoms with Gasteiger partial charge >= 0.3 is 0 Å². The van der Waals surface area contributed by atoms with E-state index < -0.39 is 0 Å². The number of likely N-dealkylation sites (tertiary alicyclic amines) is 1. The first kappa shape index (κ1) is 14.6. The quantitative estimate of drug-likeness (QED) is 0.814. The maximum atomic E-state index is 12.7. The number of aromatic nitrogens is 1. The van der Waals surface area contributed by atoms with Crippen molar-refractivity contribution in [1.29, 1.82) is 0 Å². The van der Waals surface area contributed by atoms with Gasteiger partial charge in [-0.05, 0) is 25.0 Å². The van der Waals surface area contributed by atoms with Gasteiger partial charge in [-0.15, -0.1) is 0 Å². The van der Waals surface area contributed by atoms with Crippen molar-refractivity contribution in [1.82, 2.24) is 9.47 Å². The number of rotatable bonds is 4. The fraction of sp³-hybridized carbons (Fsp3) is 0.333. The molecule has 1 aromatic carbocycles. The molecule has 2 heterocycles. The zero-order valence-corrected chi connectivity index (χ0v) is 12.7. The molecule has 1 fully saturated rings. The third-order valence-electron chi connectivity index (χ3n) is 4.32. The fourth-order valence-electron chi connectivity index (χ4n) is 3.10. The molecular formula is C18H20N2O2. The number of ketones is 1. The third kappa shape index (κ3) is 2.82. The average molecular weight is 296 g/mol. The predicted octanol–water partition coefficient (Wildman–Crippen LogP) is 2.90. The van der Waals surface area contributed by atoms with Crippen LogP contribution in [0, 0.1) is 0 Å². The number of hydrogen-bond donors (Lipinski definition) is 0. The van der Waals surface area contributed by atoms with E-state index >= 15 is 0 Å². The molecule has 0 aliphatic carbocycles. The molecule has 0 saturated carbocycles. The van der Waals surface area contributed by atoms with Crippen LogP contribution in [0.25, 0.3) is 0 Å². The Bertz CT molecular complexity index is 675. The molecule has 0 unspecified atom stereocenters. The lowest BCUT2D eigenvalue weighted by Crippen LogP contribution is -2.37. The van der Waals surface area contributed by atoms with Gasteiger partial charge in [0, 0.05) is 37.8 Å². The first-order valence-electron chi connectivity index (χ1n) is 7.67. The van der Waals surface area contributed by atoms with Gasteiger partial charge in [0.05, 0.1) is 0 Å². The first-order valence-corrected chi connectivity index (χ1v) is 7.67. The highest BCUT2D eigenvalue weighted by molar-refractivity contribution is 5.97. The summed E-state index contributed by atoms with van der Waals surface area (Å²) in [6.45, 7) is 0.733. The summed E-state index contributed by atoms with van der Waals surface area (Å²) < 4.78 is 1.83. The highest BCUT2D eigenvalue weighted by atomic mass is 16.2. The lowest BCUT2D eigenvalue weighted by molar-refractivity contribution is 0.0708. The second kappa shape index (κ2) is 6.18. The van der Waals surface area contributed by atoms with Crippen molar-refractivity contribution < 1.29 is 9.59 Å². The fourth-order valence-corrected chi connectivity index (χ4v) is 3.10. The lowest BCUT2D eigenvalue weighted by Gasteiger charge is -2.24. The standard InChI is InChI=1S/C18H20N2O2/c1-19-11-6-10-16(19)18(22)20-12-5-9-15(20)13-17(21)14-7-3-2-4-8-14/h2-4,6-8,10-11,15H,5,9,12-13H2,1H3/t15-/m1/s1. The Labute approximate surface area is 130 Å². The lowest BCUT2D eigenvalue weighted by atomic mass is 10.0. The van der Waals surface area contributed by atoms with Crippen molar-refractivity contribution >= 4 is 11.7 Å². The van der Waals surface area contributed by atoms with Crippen molar-refractivity contribution in [3.8, 4) is 0 Å². The highest BCUT2D eigenvalue weighted by Crippen LogP contribution is 2.24. The number of Topliss-reactive ketones (excluding diaryl/α,β-unsaturated/α-hetero) is 1. The van der Waals surface area contributed by atoms with Gasteiger partial charge in [0.1, 0.15) is 5.69 Å². The molecule has 4 heteroatoms. The molecular weight excluding hydrogens is 276 g/mol. The molecule has 114 valence electrons. The molecule has 0 bridgehead atoms. The molecule has 1 aromatic heterocycles. The number of nitrogens with zero attached hydrogens (tertiary/aromatic N) is 2. The smallest absolute Gasteiger partial charge is 0.270 e. The maximum absolute atomic E-state index is 12.7.